The predicted molar refractivity (Wildman–Crippen MR) is 93.3 cm³/mol. The lowest BCUT2D eigenvalue weighted by molar-refractivity contribution is 0.379. The van der Waals surface area contributed by atoms with Crippen molar-refractivity contribution in [2.75, 3.05) is 18.1 Å². The van der Waals surface area contributed by atoms with E-state index in [4.69, 9.17) is 4.98 Å². The van der Waals surface area contributed by atoms with Crippen LogP contribution in [0.2, 0.25) is 0 Å². The van der Waals surface area contributed by atoms with Crippen molar-refractivity contribution in [2.45, 2.75) is 37.9 Å². The summed E-state index contributed by atoms with van der Waals surface area (Å²) < 4.78 is 0.391. The van der Waals surface area contributed by atoms with Gasteiger partial charge in [0.25, 0.3) is 0 Å². The second-order valence-corrected chi connectivity index (χ2v) is 7.21. The Bertz CT molecular complexity index is 648. The number of aryl methyl sites for hydroxylation is 1. The van der Waals surface area contributed by atoms with E-state index in [1.807, 2.05) is 30.8 Å². The van der Waals surface area contributed by atoms with Gasteiger partial charge in [-0.3, -0.25) is 4.98 Å². The molecule has 2 heterocycles. The molecule has 2 aromatic heterocycles. The molecule has 1 fully saturated rings. The van der Waals surface area contributed by atoms with Gasteiger partial charge in [0.15, 0.2) is 5.82 Å². The lowest BCUT2D eigenvalue weighted by Gasteiger charge is -2.40. The van der Waals surface area contributed by atoms with Crippen molar-refractivity contribution in [1.29, 1.82) is 0 Å². The van der Waals surface area contributed by atoms with Crippen molar-refractivity contribution in [3.8, 4) is 11.4 Å². The summed E-state index contributed by atoms with van der Waals surface area (Å²) in [6.07, 6.45) is 9.69. The Morgan fingerprint density at radius 3 is 2.50 bits per heavy atom. The summed E-state index contributed by atoms with van der Waals surface area (Å²) in [7, 11) is 0. The molecule has 0 aromatic carbocycles. The fraction of sp³-hybridized carbons (Fsp3) is 0.471. The highest BCUT2D eigenvalue weighted by atomic mass is 32.2. The summed E-state index contributed by atoms with van der Waals surface area (Å²) in [5.74, 6) is 1.72. The Kier molecular flexibility index (Phi) is 4.34. The van der Waals surface area contributed by atoms with E-state index in [0.29, 0.717) is 4.75 Å². The van der Waals surface area contributed by atoms with Gasteiger partial charge in [0.1, 0.15) is 5.82 Å². The maximum atomic E-state index is 4.74. The lowest BCUT2D eigenvalue weighted by atomic mass is 9.84. The third-order valence-electron chi connectivity index (χ3n) is 4.60. The number of nitrogens with one attached hydrogen (secondary N) is 1. The Balaban J connectivity index is 1.86. The van der Waals surface area contributed by atoms with E-state index >= 15 is 0 Å². The maximum Gasteiger partial charge on any atom is 0.161 e. The average molecular weight is 314 g/mol. The number of pyridine rings is 1. The van der Waals surface area contributed by atoms with E-state index in [2.05, 4.69) is 28.5 Å². The molecule has 1 aliphatic carbocycles. The van der Waals surface area contributed by atoms with E-state index in [1.54, 1.807) is 12.4 Å². The maximum absolute atomic E-state index is 4.74. The van der Waals surface area contributed by atoms with Gasteiger partial charge in [0, 0.05) is 40.5 Å². The fourth-order valence-corrected chi connectivity index (χ4v) is 3.61. The van der Waals surface area contributed by atoms with Crippen LogP contribution in [0.4, 0.5) is 5.82 Å². The predicted octanol–water partition coefficient (Wildman–Crippen LogP) is 3.85. The first-order valence-electron chi connectivity index (χ1n) is 7.68. The molecule has 1 saturated carbocycles. The number of hydrogen-bond donors (Lipinski definition) is 1. The molecule has 0 atom stereocenters. The summed E-state index contributed by atoms with van der Waals surface area (Å²) in [6, 6.07) is 3.90. The van der Waals surface area contributed by atoms with Gasteiger partial charge < -0.3 is 5.32 Å². The smallest absolute Gasteiger partial charge is 0.161 e. The molecule has 0 unspecified atom stereocenters. The Morgan fingerprint density at radius 1 is 1.18 bits per heavy atom. The van der Waals surface area contributed by atoms with Gasteiger partial charge in [-0.2, -0.15) is 11.8 Å². The number of thioether (sulfide) groups is 1. The van der Waals surface area contributed by atoms with Gasteiger partial charge in [0.2, 0.25) is 0 Å². The Hall–Kier alpha value is -1.62. The van der Waals surface area contributed by atoms with Gasteiger partial charge in [-0.15, -0.1) is 0 Å². The van der Waals surface area contributed by atoms with Crippen molar-refractivity contribution in [3.05, 3.63) is 35.8 Å². The first kappa shape index (κ1) is 15.3. The van der Waals surface area contributed by atoms with Crippen LogP contribution in [0.5, 0.6) is 0 Å². The van der Waals surface area contributed by atoms with Gasteiger partial charge in [-0.25, -0.2) is 9.97 Å². The average Bonchev–Trinajstić information content (AvgIpc) is 2.51. The number of rotatable bonds is 5. The normalized spacial score (nSPS) is 16.1. The number of nitrogens with zero attached hydrogens (tertiary/aromatic N) is 3. The highest BCUT2D eigenvalue weighted by Crippen LogP contribution is 2.42. The van der Waals surface area contributed by atoms with Gasteiger partial charge >= 0.3 is 0 Å². The highest BCUT2D eigenvalue weighted by molar-refractivity contribution is 8.00. The van der Waals surface area contributed by atoms with Gasteiger partial charge in [-0.05, 0) is 45.1 Å². The molecule has 0 saturated heterocycles. The molecular weight excluding hydrogens is 292 g/mol. The zero-order chi connectivity index (χ0) is 15.6. The van der Waals surface area contributed by atoms with Crippen LogP contribution in [0.1, 0.15) is 30.5 Å². The van der Waals surface area contributed by atoms with E-state index in [0.717, 1.165) is 35.0 Å². The van der Waals surface area contributed by atoms with Crippen LogP contribution < -0.4 is 5.32 Å². The van der Waals surface area contributed by atoms with Crippen LogP contribution in [0.25, 0.3) is 11.4 Å². The number of aromatic nitrogens is 3. The van der Waals surface area contributed by atoms with E-state index in [1.165, 1.54) is 19.3 Å². The Labute approximate surface area is 136 Å². The summed E-state index contributed by atoms with van der Waals surface area (Å²) in [5.41, 5.74) is 3.16. The van der Waals surface area contributed by atoms with Crippen molar-refractivity contribution >= 4 is 17.6 Å². The molecule has 1 aliphatic rings. The minimum Gasteiger partial charge on any atom is -0.368 e. The zero-order valence-corrected chi connectivity index (χ0v) is 14.2. The quantitative estimate of drug-likeness (QED) is 0.908. The lowest BCUT2D eigenvalue weighted by Crippen LogP contribution is -2.40. The molecule has 22 heavy (non-hydrogen) atoms. The van der Waals surface area contributed by atoms with E-state index in [-0.39, 0.29) is 0 Å². The van der Waals surface area contributed by atoms with Crippen LogP contribution in [-0.2, 0) is 0 Å². The molecule has 0 radical (unpaired) electrons. The minimum absolute atomic E-state index is 0.391. The summed E-state index contributed by atoms with van der Waals surface area (Å²) in [4.78, 5) is 13.4. The molecule has 1 N–H and O–H groups in total. The monoisotopic (exact) mass is 314 g/mol. The van der Waals surface area contributed by atoms with E-state index in [9.17, 15) is 0 Å². The van der Waals surface area contributed by atoms with Crippen molar-refractivity contribution in [1.82, 2.24) is 15.0 Å². The van der Waals surface area contributed by atoms with Crippen molar-refractivity contribution < 1.29 is 0 Å². The Morgan fingerprint density at radius 2 is 1.91 bits per heavy atom. The molecule has 116 valence electrons. The standard InChI is InChI=1S/C17H22N4S/c1-12-13(2)20-16(14-5-9-18-10-6-14)21-15(12)19-11-17(22-3)7-4-8-17/h5-6,9-10H,4,7-8,11H2,1-3H3,(H,19,20,21). The molecule has 0 aliphatic heterocycles. The summed E-state index contributed by atoms with van der Waals surface area (Å²) in [6.45, 7) is 5.10. The topological polar surface area (TPSA) is 50.7 Å². The molecular formula is C17H22N4S. The van der Waals surface area contributed by atoms with Gasteiger partial charge in [0.05, 0.1) is 0 Å². The van der Waals surface area contributed by atoms with E-state index < -0.39 is 0 Å². The van der Waals surface area contributed by atoms with Crippen LogP contribution in [0.3, 0.4) is 0 Å². The third-order valence-corrected chi connectivity index (χ3v) is 6.02. The van der Waals surface area contributed by atoms with Crippen molar-refractivity contribution in [2.24, 2.45) is 0 Å². The second-order valence-electron chi connectivity index (χ2n) is 5.94. The molecule has 2 aromatic rings. The third kappa shape index (κ3) is 2.95. The summed E-state index contributed by atoms with van der Waals surface area (Å²) in [5, 5.41) is 3.57. The second kappa shape index (κ2) is 6.24. The zero-order valence-electron chi connectivity index (χ0n) is 13.4. The molecule has 0 spiro atoms. The largest absolute Gasteiger partial charge is 0.368 e. The number of hydrogen-bond acceptors (Lipinski definition) is 5. The SMILES string of the molecule is CSC1(CNc2nc(-c3ccncc3)nc(C)c2C)CCC1. The first-order valence-corrected chi connectivity index (χ1v) is 8.91. The van der Waals surface area contributed by atoms with Crippen LogP contribution in [-0.4, -0.2) is 32.5 Å². The molecule has 3 rings (SSSR count). The molecule has 4 nitrogen and oxygen atoms in total. The summed E-state index contributed by atoms with van der Waals surface area (Å²) >= 11 is 1.97. The molecule has 5 heteroatoms. The number of anilines is 1. The van der Waals surface area contributed by atoms with Crippen molar-refractivity contribution in [3.63, 3.8) is 0 Å². The first-order chi connectivity index (χ1) is 10.6. The fourth-order valence-electron chi connectivity index (χ4n) is 2.70. The minimum atomic E-state index is 0.391. The highest BCUT2D eigenvalue weighted by Gasteiger charge is 2.36. The molecule has 0 amide bonds. The van der Waals surface area contributed by atoms with Crippen LogP contribution in [0, 0.1) is 13.8 Å². The van der Waals surface area contributed by atoms with Crippen LogP contribution in [0.15, 0.2) is 24.5 Å². The van der Waals surface area contributed by atoms with Gasteiger partial charge in [-0.1, -0.05) is 6.42 Å². The molecule has 0 bridgehead atoms. The van der Waals surface area contributed by atoms with Crippen LogP contribution >= 0.6 is 11.8 Å².